The van der Waals surface area contributed by atoms with E-state index >= 15 is 0 Å². The van der Waals surface area contributed by atoms with Crippen LogP contribution < -0.4 is 9.80 Å². The molecule has 304 valence electrons. The zero-order valence-electron chi connectivity index (χ0n) is 35.5. The number of fused-ring (bicyclic) bond motifs is 9. The lowest BCUT2D eigenvalue weighted by Gasteiger charge is -2.27. The van der Waals surface area contributed by atoms with Gasteiger partial charge in [0.2, 0.25) is 0 Å². The van der Waals surface area contributed by atoms with Crippen molar-refractivity contribution in [3.63, 3.8) is 0 Å². The zero-order valence-corrected chi connectivity index (χ0v) is 35.5. The van der Waals surface area contributed by atoms with Crippen molar-refractivity contribution in [3.8, 4) is 22.3 Å². The van der Waals surface area contributed by atoms with E-state index in [1.54, 1.807) is 0 Å². The largest absolute Gasteiger partial charge is 0.310 e. The SMILES string of the molecule is c1ccc(-c2cccc(N(c3ccccc3)c3ccc4cc5c6ccc(N(c7ccccc7)c7cccc(-c8ccccc8)c7)c7c8ccc9ccccc9c8n(c5cc4c3)c67)c2)cc1. The van der Waals surface area contributed by atoms with E-state index in [2.05, 4.69) is 263 Å². The van der Waals surface area contributed by atoms with Crippen molar-refractivity contribution in [2.24, 2.45) is 0 Å². The smallest absolute Gasteiger partial charge is 0.0641 e. The van der Waals surface area contributed by atoms with Gasteiger partial charge in [-0.05, 0) is 117 Å². The normalized spacial score (nSPS) is 11.7. The fourth-order valence-corrected chi connectivity index (χ4v) is 10.3. The summed E-state index contributed by atoms with van der Waals surface area (Å²) in [6.45, 7) is 0. The van der Waals surface area contributed by atoms with Crippen molar-refractivity contribution in [1.29, 1.82) is 0 Å². The third kappa shape index (κ3) is 6.05. The molecule has 0 N–H and O–H groups in total. The lowest BCUT2D eigenvalue weighted by molar-refractivity contribution is 1.29. The van der Waals surface area contributed by atoms with E-state index in [0.29, 0.717) is 0 Å². The Morgan fingerprint density at radius 2 is 0.785 bits per heavy atom. The first-order chi connectivity index (χ1) is 32.2. The first-order valence-corrected chi connectivity index (χ1v) is 22.3. The summed E-state index contributed by atoms with van der Waals surface area (Å²) in [6, 6.07) is 90.6. The molecule has 0 fully saturated rings. The Bertz CT molecular complexity index is 3880. The van der Waals surface area contributed by atoms with Gasteiger partial charge in [0.05, 0.1) is 22.2 Å². The van der Waals surface area contributed by atoms with Crippen LogP contribution in [0.3, 0.4) is 0 Å². The van der Waals surface area contributed by atoms with Crippen LogP contribution in [0, 0.1) is 0 Å². The van der Waals surface area contributed by atoms with Crippen LogP contribution in [0.2, 0.25) is 0 Å². The molecule has 0 bridgehead atoms. The van der Waals surface area contributed by atoms with Crippen LogP contribution in [-0.4, -0.2) is 4.40 Å². The standard InChI is InChI=1S/C62H41N3/c1-5-17-42(18-6-1)45-22-15-28-51(37-45)63(49-24-9-3-10-25-49)53-33-31-47-40-57-55-35-36-58(64(50-26-11-4-12-27-50)52-29-16-23-46(38-52)43-19-7-2-8-20-43)60-56-34-32-44-21-13-14-30-54(44)61(56)65(62(55)60)59(57)41-48(47)39-53/h1-41H. The molecule has 0 spiro atoms. The summed E-state index contributed by atoms with van der Waals surface area (Å²) in [7, 11) is 0. The minimum atomic E-state index is 1.11. The monoisotopic (exact) mass is 827 g/mol. The van der Waals surface area contributed by atoms with Crippen LogP contribution in [0.1, 0.15) is 0 Å². The van der Waals surface area contributed by atoms with E-state index in [4.69, 9.17) is 0 Å². The number of para-hydroxylation sites is 2. The lowest BCUT2D eigenvalue weighted by Crippen LogP contribution is -2.10. The number of aromatic nitrogens is 1. The molecule has 13 aromatic rings. The van der Waals surface area contributed by atoms with Gasteiger partial charge in [0.1, 0.15) is 0 Å². The average Bonchev–Trinajstić information content (AvgIpc) is 3.90. The highest BCUT2D eigenvalue weighted by Crippen LogP contribution is 2.49. The molecule has 2 aromatic heterocycles. The van der Waals surface area contributed by atoms with Gasteiger partial charge in [-0.25, -0.2) is 0 Å². The lowest BCUT2D eigenvalue weighted by atomic mass is 10.00. The minimum Gasteiger partial charge on any atom is -0.310 e. The second-order valence-corrected chi connectivity index (χ2v) is 16.9. The Morgan fingerprint density at radius 1 is 0.262 bits per heavy atom. The molecule has 0 aliphatic rings. The van der Waals surface area contributed by atoms with Crippen LogP contribution in [0.15, 0.2) is 249 Å². The molecule has 0 aliphatic heterocycles. The van der Waals surface area contributed by atoms with Gasteiger partial charge >= 0.3 is 0 Å². The summed E-state index contributed by atoms with van der Waals surface area (Å²) >= 11 is 0. The molecule has 0 atom stereocenters. The van der Waals surface area contributed by atoms with E-state index in [9.17, 15) is 0 Å². The van der Waals surface area contributed by atoms with Crippen LogP contribution >= 0.6 is 0 Å². The number of benzene rings is 11. The molecular weight excluding hydrogens is 787 g/mol. The van der Waals surface area contributed by atoms with Gasteiger partial charge in [0.25, 0.3) is 0 Å². The zero-order chi connectivity index (χ0) is 42.8. The highest BCUT2D eigenvalue weighted by atomic mass is 15.2. The molecule has 0 saturated carbocycles. The van der Waals surface area contributed by atoms with Gasteiger partial charge in [0.15, 0.2) is 0 Å². The molecule has 3 heteroatoms. The highest BCUT2D eigenvalue weighted by molar-refractivity contribution is 6.31. The van der Waals surface area contributed by atoms with Crippen molar-refractivity contribution in [2.75, 3.05) is 9.80 Å². The van der Waals surface area contributed by atoms with Gasteiger partial charge in [-0.2, -0.15) is 0 Å². The molecule has 0 saturated heterocycles. The van der Waals surface area contributed by atoms with Crippen molar-refractivity contribution in [3.05, 3.63) is 249 Å². The Labute approximate surface area is 377 Å². The van der Waals surface area contributed by atoms with Crippen molar-refractivity contribution < 1.29 is 0 Å². The van der Waals surface area contributed by atoms with Crippen molar-refractivity contribution >= 4 is 93.8 Å². The second kappa shape index (κ2) is 15.0. The molecule has 11 aromatic carbocycles. The van der Waals surface area contributed by atoms with Crippen molar-refractivity contribution in [2.45, 2.75) is 0 Å². The predicted molar refractivity (Wildman–Crippen MR) is 276 cm³/mol. The maximum Gasteiger partial charge on any atom is 0.0641 e. The van der Waals surface area contributed by atoms with Gasteiger partial charge in [-0.1, -0.05) is 170 Å². The molecule has 0 unspecified atom stereocenters. The minimum absolute atomic E-state index is 1.11. The van der Waals surface area contributed by atoms with Crippen LogP contribution in [0.25, 0.3) is 81.9 Å². The highest BCUT2D eigenvalue weighted by Gasteiger charge is 2.26. The number of hydrogen-bond acceptors (Lipinski definition) is 2. The Hall–Kier alpha value is -8.66. The maximum absolute atomic E-state index is 2.56. The summed E-state index contributed by atoms with van der Waals surface area (Å²) in [4.78, 5) is 4.82. The Kier molecular flexibility index (Phi) is 8.53. The summed E-state index contributed by atoms with van der Waals surface area (Å²) < 4.78 is 2.56. The first kappa shape index (κ1) is 36.9. The molecule has 2 heterocycles. The molecular formula is C62H41N3. The topological polar surface area (TPSA) is 10.9 Å². The molecule has 65 heavy (non-hydrogen) atoms. The van der Waals surface area contributed by atoms with Gasteiger partial charge in [0, 0.05) is 55.4 Å². The van der Waals surface area contributed by atoms with Gasteiger partial charge in [-0.15, -0.1) is 0 Å². The summed E-state index contributed by atoms with van der Waals surface area (Å²) in [5.74, 6) is 0. The van der Waals surface area contributed by atoms with Gasteiger partial charge < -0.3 is 14.2 Å². The Balaban J connectivity index is 1.06. The quantitative estimate of drug-likeness (QED) is 0.151. The number of rotatable bonds is 8. The molecule has 0 radical (unpaired) electrons. The van der Waals surface area contributed by atoms with E-state index < -0.39 is 0 Å². The first-order valence-electron chi connectivity index (χ1n) is 22.3. The van der Waals surface area contributed by atoms with E-state index in [1.165, 1.54) is 81.9 Å². The molecule has 13 rings (SSSR count). The third-order valence-electron chi connectivity index (χ3n) is 13.2. The fraction of sp³-hybridized carbons (Fsp3) is 0. The predicted octanol–water partition coefficient (Wildman–Crippen LogP) is 17.4. The summed E-state index contributed by atoms with van der Waals surface area (Å²) in [5, 5.41) is 9.85. The number of anilines is 6. The molecule has 3 nitrogen and oxygen atoms in total. The second-order valence-electron chi connectivity index (χ2n) is 16.9. The third-order valence-corrected chi connectivity index (χ3v) is 13.2. The number of nitrogens with zero attached hydrogens (tertiary/aromatic N) is 3. The van der Waals surface area contributed by atoms with E-state index in [1.807, 2.05) is 0 Å². The van der Waals surface area contributed by atoms with Crippen LogP contribution in [-0.2, 0) is 0 Å². The van der Waals surface area contributed by atoms with E-state index in [-0.39, 0.29) is 0 Å². The van der Waals surface area contributed by atoms with Gasteiger partial charge in [-0.3, -0.25) is 0 Å². The number of hydrogen-bond donors (Lipinski definition) is 0. The Morgan fingerprint density at radius 3 is 1.46 bits per heavy atom. The molecule has 0 amide bonds. The fourth-order valence-electron chi connectivity index (χ4n) is 10.3. The maximum atomic E-state index is 2.56. The van der Waals surface area contributed by atoms with Crippen molar-refractivity contribution in [1.82, 2.24) is 4.40 Å². The summed E-state index contributed by atoms with van der Waals surface area (Å²) in [5.41, 5.74) is 15.1. The van der Waals surface area contributed by atoms with Crippen LogP contribution in [0.5, 0.6) is 0 Å². The average molecular weight is 828 g/mol. The molecule has 0 aliphatic carbocycles. The summed E-state index contributed by atoms with van der Waals surface area (Å²) in [6.07, 6.45) is 0. The van der Waals surface area contributed by atoms with Crippen LogP contribution in [0.4, 0.5) is 34.1 Å². The van der Waals surface area contributed by atoms with E-state index in [0.717, 1.165) is 34.1 Å².